The molecule has 82 valence electrons. The van der Waals surface area contributed by atoms with Crippen LogP contribution in [-0.4, -0.2) is 33.9 Å². The van der Waals surface area contributed by atoms with Gasteiger partial charge in [0.2, 0.25) is 0 Å². The fourth-order valence-corrected chi connectivity index (χ4v) is 0.214. The van der Waals surface area contributed by atoms with Crippen molar-refractivity contribution in [1.82, 2.24) is 12.3 Å². The van der Waals surface area contributed by atoms with E-state index in [-0.39, 0.29) is 31.7 Å². The first kappa shape index (κ1) is 22.6. The summed E-state index contributed by atoms with van der Waals surface area (Å²) in [5.74, 6) is -2.15. The van der Waals surface area contributed by atoms with Gasteiger partial charge in [0, 0.05) is 6.61 Å². The molecule has 0 aromatic carbocycles. The van der Waals surface area contributed by atoms with Crippen molar-refractivity contribution in [3.63, 3.8) is 0 Å². The molecule has 0 radical (unpaired) electrons. The summed E-state index contributed by atoms with van der Waals surface area (Å²) < 4.78 is 0. The summed E-state index contributed by atoms with van der Waals surface area (Å²) in [6.07, 6.45) is -0.593. The number of carboxylic acid groups (broad SMARTS) is 2. The molecule has 0 atom stereocenters. The molecule has 0 aromatic rings. The van der Waals surface area contributed by atoms with Gasteiger partial charge < -0.3 is 27.6 Å². The summed E-state index contributed by atoms with van der Waals surface area (Å²) in [6.45, 7) is 1.93. The van der Waals surface area contributed by atoms with E-state index in [4.69, 9.17) is 15.3 Å². The van der Waals surface area contributed by atoms with E-state index >= 15 is 0 Å². The van der Waals surface area contributed by atoms with Crippen molar-refractivity contribution < 1.29 is 24.9 Å². The topological polar surface area (TPSA) is 165 Å². The number of aliphatic carboxylic acids is 2. The van der Waals surface area contributed by atoms with Crippen molar-refractivity contribution in [3.05, 3.63) is 0 Å². The molecule has 0 fully saturated rings. The Morgan fingerprint density at radius 1 is 1.00 bits per heavy atom. The lowest BCUT2D eigenvalue weighted by molar-refractivity contribution is -0.143. The summed E-state index contributed by atoms with van der Waals surface area (Å²) in [4.78, 5) is 19.3. The normalized spacial score (nSPS) is 6.62. The van der Waals surface area contributed by atoms with Gasteiger partial charge >= 0.3 is 11.9 Å². The Morgan fingerprint density at radius 3 is 1.23 bits per heavy atom. The zero-order valence-corrected chi connectivity index (χ0v) is 7.69. The van der Waals surface area contributed by atoms with Crippen molar-refractivity contribution in [3.8, 4) is 0 Å². The third kappa shape index (κ3) is 57.7. The number of hydrogen-bond acceptors (Lipinski definition) is 5. The van der Waals surface area contributed by atoms with E-state index in [1.54, 1.807) is 6.92 Å². The number of aliphatic hydroxyl groups excluding tert-OH is 1. The van der Waals surface area contributed by atoms with Crippen LogP contribution in [0.5, 0.6) is 0 Å². The number of carbonyl (C=O) groups is 2. The molecule has 7 heteroatoms. The number of carboxylic acids is 2. The highest BCUT2D eigenvalue weighted by Crippen LogP contribution is 1.85. The number of rotatable bonds is 3. The van der Waals surface area contributed by atoms with Crippen LogP contribution in [0.2, 0.25) is 0 Å². The molecule has 7 nitrogen and oxygen atoms in total. The molecule has 0 aliphatic carbocycles. The van der Waals surface area contributed by atoms with Crippen molar-refractivity contribution in [2.75, 3.05) is 6.61 Å². The molecule has 9 N–H and O–H groups in total. The van der Waals surface area contributed by atoms with Gasteiger partial charge in [-0.05, 0) is 6.92 Å². The van der Waals surface area contributed by atoms with E-state index in [1.165, 1.54) is 0 Å². The van der Waals surface area contributed by atoms with Crippen molar-refractivity contribution >= 4 is 11.9 Å². The summed E-state index contributed by atoms with van der Waals surface area (Å²) >= 11 is 0. The fraction of sp³-hybridized carbons (Fsp3) is 0.667. The van der Waals surface area contributed by atoms with E-state index in [0.717, 1.165) is 0 Å². The van der Waals surface area contributed by atoms with E-state index in [2.05, 4.69) is 0 Å². The molecule has 0 rings (SSSR count). The lowest BCUT2D eigenvalue weighted by Crippen LogP contribution is -2.00. The van der Waals surface area contributed by atoms with Gasteiger partial charge in [-0.1, -0.05) is 0 Å². The average Bonchev–Trinajstić information content (AvgIpc) is 1.85. The van der Waals surface area contributed by atoms with Gasteiger partial charge in [-0.2, -0.15) is 0 Å². The maximum absolute atomic E-state index is 9.64. The Labute approximate surface area is 76.5 Å². The smallest absolute Gasteiger partial charge is 0.303 e. The third-order valence-electron chi connectivity index (χ3n) is 0.553. The Balaban J connectivity index is -0.0000000720. The predicted octanol–water partition coefficient (Wildman–Crippen LogP) is 0.258. The van der Waals surface area contributed by atoms with E-state index in [9.17, 15) is 9.59 Å². The van der Waals surface area contributed by atoms with Crippen LogP contribution in [0.3, 0.4) is 0 Å². The largest absolute Gasteiger partial charge is 0.481 e. The molecule has 0 aliphatic heterocycles. The Kier molecular flexibility index (Phi) is 29.7. The Bertz CT molecular complexity index is 114. The second-order valence-electron chi connectivity index (χ2n) is 1.60. The molecule has 0 saturated heterocycles. The minimum Gasteiger partial charge on any atom is -0.481 e. The van der Waals surface area contributed by atoms with Crippen molar-refractivity contribution in [2.45, 2.75) is 19.8 Å². The van der Waals surface area contributed by atoms with Crippen LogP contribution in [0.4, 0.5) is 0 Å². The Hall–Kier alpha value is -1.18. The second-order valence-corrected chi connectivity index (χ2v) is 1.60. The third-order valence-corrected chi connectivity index (χ3v) is 0.553. The molecule has 13 heavy (non-hydrogen) atoms. The predicted molar refractivity (Wildman–Crippen MR) is 47.3 cm³/mol. The molecule has 0 bridgehead atoms. The zero-order chi connectivity index (χ0) is 9.28. The van der Waals surface area contributed by atoms with Crippen LogP contribution in [0.15, 0.2) is 0 Å². The summed E-state index contributed by atoms with van der Waals surface area (Å²) in [7, 11) is 0. The quantitative estimate of drug-likeness (QED) is 0.433. The fourth-order valence-electron chi connectivity index (χ4n) is 0.214. The standard InChI is InChI=1S/C4H6O4.C2H6O.2H3N/c5-3(6)1-2-4(7)8;1-2-3;;/h1-2H2,(H,5,6)(H,7,8);3H,2H2,1H3;2*1H3. The molecular weight excluding hydrogens is 180 g/mol. The summed E-state index contributed by atoms with van der Waals surface area (Å²) in [5, 5.41) is 23.4. The highest BCUT2D eigenvalue weighted by Gasteiger charge is 2.00. The van der Waals surface area contributed by atoms with Gasteiger partial charge in [0.1, 0.15) is 0 Å². The summed E-state index contributed by atoms with van der Waals surface area (Å²) in [5.41, 5.74) is 0. The number of hydrogen-bond donors (Lipinski definition) is 5. The zero-order valence-electron chi connectivity index (χ0n) is 7.69. The molecule has 0 aliphatic rings. The average molecular weight is 198 g/mol. The van der Waals surface area contributed by atoms with Crippen LogP contribution in [0.25, 0.3) is 0 Å². The monoisotopic (exact) mass is 198 g/mol. The lowest BCUT2D eigenvalue weighted by atomic mass is 10.3. The van der Waals surface area contributed by atoms with Gasteiger partial charge in [0.15, 0.2) is 0 Å². The molecule has 0 heterocycles. The highest BCUT2D eigenvalue weighted by molar-refractivity contribution is 5.75. The maximum Gasteiger partial charge on any atom is 0.303 e. The minimum atomic E-state index is -1.08. The first-order valence-electron chi connectivity index (χ1n) is 3.09. The van der Waals surface area contributed by atoms with Gasteiger partial charge in [-0.3, -0.25) is 9.59 Å². The summed E-state index contributed by atoms with van der Waals surface area (Å²) in [6, 6.07) is 0. The number of aliphatic hydroxyl groups is 1. The van der Waals surface area contributed by atoms with E-state index < -0.39 is 11.9 Å². The van der Waals surface area contributed by atoms with Crippen LogP contribution in [0, 0.1) is 0 Å². The van der Waals surface area contributed by atoms with Crippen molar-refractivity contribution in [2.24, 2.45) is 0 Å². The first-order valence-corrected chi connectivity index (χ1v) is 3.09. The van der Waals surface area contributed by atoms with Crippen LogP contribution in [0.1, 0.15) is 19.8 Å². The van der Waals surface area contributed by atoms with Crippen LogP contribution < -0.4 is 12.3 Å². The SMILES string of the molecule is CCO.N.N.O=C(O)CCC(=O)O. The first-order chi connectivity index (χ1) is 5.04. The van der Waals surface area contributed by atoms with Gasteiger partial charge in [-0.15, -0.1) is 0 Å². The minimum absolute atomic E-state index is 0. The highest BCUT2D eigenvalue weighted by atomic mass is 16.4. The van der Waals surface area contributed by atoms with Crippen molar-refractivity contribution in [1.29, 1.82) is 0 Å². The van der Waals surface area contributed by atoms with E-state index in [0.29, 0.717) is 0 Å². The lowest BCUT2D eigenvalue weighted by Gasteiger charge is -1.85. The van der Waals surface area contributed by atoms with Crippen LogP contribution in [-0.2, 0) is 9.59 Å². The van der Waals surface area contributed by atoms with Gasteiger partial charge in [-0.25, -0.2) is 0 Å². The van der Waals surface area contributed by atoms with Gasteiger partial charge in [0.25, 0.3) is 0 Å². The van der Waals surface area contributed by atoms with Crippen LogP contribution >= 0.6 is 0 Å². The molecule has 0 spiro atoms. The molecule has 0 saturated carbocycles. The Morgan fingerprint density at radius 2 is 1.15 bits per heavy atom. The van der Waals surface area contributed by atoms with E-state index in [1.807, 2.05) is 0 Å². The molecular formula is C6H18N2O5. The molecule has 0 unspecified atom stereocenters. The van der Waals surface area contributed by atoms with Gasteiger partial charge in [0.05, 0.1) is 12.8 Å². The second kappa shape index (κ2) is 17.1. The molecule has 0 amide bonds. The maximum atomic E-state index is 9.64. The molecule has 0 aromatic heterocycles.